The molecular weight excluding hydrogens is 398 g/mol. The molecule has 29 heavy (non-hydrogen) atoms. The Balaban J connectivity index is 1.59. The smallest absolute Gasteiger partial charge is 0.407 e. The molecule has 0 unspecified atom stereocenters. The van der Waals surface area contributed by atoms with Crippen molar-refractivity contribution in [1.82, 2.24) is 15.2 Å². The lowest BCUT2D eigenvalue weighted by Gasteiger charge is -2.21. The molecule has 154 valence electrons. The molecule has 3 rings (SSSR count). The van der Waals surface area contributed by atoms with Crippen molar-refractivity contribution >= 4 is 29.3 Å². The molecule has 0 spiro atoms. The van der Waals surface area contributed by atoms with Crippen LogP contribution in [0.5, 0.6) is 5.88 Å². The molecule has 2 atom stereocenters. The summed E-state index contributed by atoms with van der Waals surface area (Å²) in [6.45, 7) is 0.136. The van der Waals surface area contributed by atoms with Gasteiger partial charge in [-0.3, -0.25) is 4.79 Å². The molecule has 0 radical (unpaired) electrons. The average Bonchev–Trinajstić information content (AvgIpc) is 3.40. The van der Waals surface area contributed by atoms with Crippen molar-refractivity contribution in [1.29, 1.82) is 0 Å². The number of thiophene rings is 1. The maximum Gasteiger partial charge on any atom is 0.407 e. The quantitative estimate of drug-likeness (QED) is 0.703. The third kappa shape index (κ3) is 5.23. The Morgan fingerprint density at radius 1 is 1.31 bits per heavy atom. The molecule has 1 aliphatic rings. The monoisotopic (exact) mass is 419 g/mol. The largest absolute Gasteiger partial charge is 0.480 e. The SMILES string of the molecule is COC(=O)NCC(=O)N1C[C@H](COc2cccc(-c3cccs3)n2)C[C@H]1C(=O)O. The summed E-state index contributed by atoms with van der Waals surface area (Å²) in [5.74, 6) is -1.29. The van der Waals surface area contributed by atoms with E-state index in [2.05, 4.69) is 15.0 Å². The van der Waals surface area contributed by atoms with Gasteiger partial charge in [-0.25, -0.2) is 14.6 Å². The van der Waals surface area contributed by atoms with E-state index in [9.17, 15) is 19.5 Å². The summed E-state index contributed by atoms with van der Waals surface area (Å²) in [6, 6.07) is 8.44. The van der Waals surface area contributed by atoms with Gasteiger partial charge in [-0.2, -0.15) is 0 Å². The van der Waals surface area contributed by atoms with Gasteiger partial charge in [-0.1, -0.05) is 12.1 Å². The summed E-state index contributed by atoms with van der Waals surface area (Å²) in [7, 11) is 1.19. The van der Waals surface area contributed by atoms with Crippen molar-refractivity contribution in [3.63, 3.8) is 0 Å². The minimum atomic E-state index is -1.09. The molecule has 9 nitrogen and oxygen atoms in total. The number of likely N-dealkylation sites (tertiary alicyclic amines) is 1. The molecule has 1 aliphatic heterocycles. The molecule has 2 aromatic rings. The molecule has 1 fully saturated rings. The Bertz CT molecular complexity index is 873. The van der Waals surface area contributed by atoms with Crippen molar-refractivity contribution in [2.45, 2.75) is 12.5 Å². The molecule has 10 heteroatoms. The number of hydrogen-bond acceptors (Lipinski definition) is 7. The van der Waals surface area contributed by atoms with Gasteiger partial charge >= 0.3 is 12.1 Å². The number of carboxylic acids is 1. The number of aromatic nitrogens is 1. The summed E-state index contributed by atoms with van der Waals surface area (Å²) in [5.41, 5.74) is 0.804. The van der Waals surface area contributed by atoms with Crippen molar-refractivity contribution in [3.05, 3.63) is 35.7 Å². The second kappa shape index (κ2) is 9.37. The molecule has 1 saturated heterocycles. The van der Waals surface area contributed by atoms with Crippen molar-refractivity contribution in [2.24, 2.45) is 5.92 Å². The highest BCUT2D eigenvalue weighted by Crippen LogP contribution is 2.27. The topological polar surface area (TPSA) is 118 Å². The van der Waals surface area contributed by atoms with Crippen LogP contribution in [-0.2, 0) is 14.3 Å². The van der Waals surface area contributed by atoms with Gasteiger partial charge in [0.2, 0.25) is 11.8 Å². The van der Waals surface area contributed by atoms with Gasteiger partial charge in [-0.15, -0.1) is 11.3 Å². The van der Waals surface area contributed by atoms with Crippen LogP contribution in [-0.4, -0.2) is 65.8 Å². The van der Waals surface area contributed by atoms with E-state index in [4.69, 9.17) is 4.74 Å². The first kappa shape index (κ1) is 20.6. The first-order valence-corrected chi connectivity index (χ1v) is 9.83. The average molecular weight is 419 g/mol. The van der Waals surface area contributed by atoms with Crippen molar-refractivity contribution in [3.8, 4) is 16.5 Å². The predicted molar refractivity (Wildman–Crippen MR) is 105 cm³/mol. The minimum Gasteiger partial charge on any atom is -0.480 e. The lowest BCUT2D eigenvalue weighted by molar-refractivity contribution is -0.147. The Kier molecular flexibility index (Phi) is 6.65. The zero-order chi connectivity index (χ0) is 20.8. The van der Waals surface area contributed by atoms with Crippen LogP contribution in [0.3, 0.4) is 0 Å². The van der Waals surface area contributed by atoms with E-state index in [0.717, 1.165) is 10.6 Å². The molecule has 0 aromatic carbocycles. The standard InChI is InChI=1S/C19H21N3O6S/c1-27-19(26)20-9-17(23)22-10-12(8-14(22)18(24)25)11-28-16-6-2-4-13(21-16)15-5-3-7-29-15/h2-7,12,14H,8-11H2,1H3,(H,20,26)(H,24,25)/t12-,14+/m1/s1. The zero-order valence-electron chi connectivity index (χ0n) is 15.7. The number of rotatable bonds is 7. The number of nitrogens with one attached hydrogen (secondary N) is 1. The molecule has 3 heterocycles. The fraction of sp³-hybridized carbons (Fsp3) is 0.368. The van der Waals surface area contributed by atoms with E-state index in [-0.39, 0.29) is 32.0 Å². The number of aliphatic carboxylic acids is 1. The predicted octanol–water partition coefficient (Wildman–Crippen LogP) is 1.85. The van der Waals surface area contributed by atoms with E-state index < -0.39 is 24.0 Å². The molecule has 0 bridgehead atoms. The Morgan fingerprint density at radius 2 is 2.14 bits per heavy atom. The van der Waals surface area contributed by atoms with Crippen LogP contribution in [0.15, 0.2) is 35.7 Å². The first-order valence-electron chi connectivity index (χ1n) is 8.95. The van der Waals surface area contributed by atoms with Gasteiger partial charge in [0.15, 0.2) is 0 Å². The summed E-state index contributed by atoms with van der Waals surface area (Å²) < 4.78 is 10.2. The number of carbonyl (C=O) groups excluding carboxylic acids is 2. The Hall–Kier alpha value is -3.14. The van der Waals surface area contributed by atoms with E-state index in [1.165, 1.54) is 12.0 Å². The van der Waals surface area contributed by atoms with Crippen LogP contribution in [0, 0.1) is 5.92 Å². The third-order valence-electron chi connectivity index (χ3n) is 4.53. The van der Waals surface area contributed by atoms with Gasteiger partial charge in [-0.05, 0) is 23.9 Å². The second-order valence-electron chi connectivity index (χ2n) is 6.50. The summed E-state index contributed by atoms with van der Waals surface area (Å²) in [5, 5.41) is 13.7. The molecule has 2 aromatic heterocycles. The van der Waals surface area contributed by atoms with Crippen LogP contribution in [0.25, 0.3) is 10.6 Å². The fourth-order valence-corrected chi connectivity index (χ4v) is 3.83. The van der Waals surface area contributed by atoms with Crippen LogP contribution >= 0.6 is 11.3 Å². The summed E-state index contributed by atoms with van der Waals surface area (Å²) in [4.78, 5) is 41.8. The zero-order valence-corrected chi connectivity index (χ0v) is 16.6. The van der Waals surface area contributed by atoms with Crippen LogP contribution in [0.1, 0.15) is 6.42 Å². The number of carboxylic acid groups (broad SMARTS) is 1. The Morgan fingerprint density at radius 3 is 2.83 bits per heavy atom. The van der Waals surface area contributed by atoms with E-state index in [0.29, 0.717) is 5.88 Å². The van der Waals surface area contributed by atoms with Crippen molar-refractivity contribution in [2.75, 3.05) is 26.8 Å². The maximum atomic E-state index is 12.3. The first-order chi connectivity index (χ1) is 14.0. The third-order valence-corrected chi connectivity index (χ3v) is 5.42. The van der Waals surface area contributed by atoms with Crippen molar-refractivity contribution < 1.29 is 29.0 Å². The number of alkyl carbamates (subject to hydrolysis) is 1. The normalized spacial score (nSPS) is 18.3. The second-order valence-corrected chi connectivity index (χ2v) is 7.44. The van der Waals surface area contributed by atoms with E-state index >= 15 is 0 Å². The lowest BCUT2D eigenvalue weighted by Crippen LogP contribution is -2.45. The number of pyridine rings is 1. The van der Waals surface area contributed by atoms with Gasteiger partial charge in [0.05, 0.1) is 24.3 Å². The number of hydrogen-bond donors (Lipinski definition) is 2. The number of amides is 2. The van der Waals surface area contributed by atoms with Crippen LogP contribution in [0.2, 0.25) is 0 Å². The molecule has 0 saturated carbocycles. The highest BCUT2D eigenvalue weighted by molar-refractivity contribution is 7.13. The highest BCUT2D eigenvalue weighted by Gasteiger charge is 2.39. The van der Waals surface area contributed by atoms with Crippen LogP contribution in [0.4, 0.5) is 4.79 Å². The number of ether oxygens (including phenoxy) is 2. The summed E-state index contributed by atoms with van der Waals surface area (Å²) >= 11 is 1.58. The Labute approximate surface area is 171 Å². The van der Waals surface area contributed by atoms with Crippen LogP contribution < -0.4 is 10.1 Å². The minimum absolute atomic E-state index is 0.162. The lowest BCUT2D eigenvalue weighted by atomic mass is 10.1. The summed E-state index contributed by atoms with van der Waals surface area (Å²) in [6.07, 6.45) is -0.481. The van der Waals surface area contributed by atoms with Gasteiger partial charge < -0.3 is 24.8 Å². The van der Waals surface area contributed by atoms with Gasteiger partial charge in [0.25, 0.3) is 0 Å². The van der Waals surface area contributed by atoms with E-state index in [1.54, 1.807) is 17.4 Å². The number of methoxy groups -OCH3 is 1. The highest BCUT2D eigenvalue weighted by atomic mass is 32.1. The fourth-order valence-electron chi connectivity index (χ4n) is 3.13. The molecular formula is C19H21N3O6S. The van der Waals surface area contributed by atoms with Gasteiger partial charge in [0.1, 0.15) is 12.6 Å². The number of carbonyl (C=O) groups is 3. The maximum absolute atomic E-state index is 12.3. The molecule has 2 amide bonds. The van der Waals surface area contributed by atoms with E-state index in [1.807, 2.05) is 29.6 Å². The molecule has 0 aliphatic carbocycles. The molecule has 2 N–H and O–H groups in total. The van der Waals surface area contributed by atoms with Gasteiger partial charge in [0, 0.05) is 18.5 Å². The number of nitrogens with zero attached hydrogens (tertiary/aromatic N) is 2.